The lowest BCUT2D eigenvalue weighted by Crippen LogP contribution is -2.51. The number of ether oxygens (including phenoxy) is 1. The number of nitrogens with one attached hydrogen (secondary N) is 1. The summed E-state index contributed by atoms with van der Waals surface area (Å²) < 4.78 is 5.96. The highest BCUT2D eigenvalue weighted by Crippen LogP contribution is 2.27. The lowest BCUT2D eigenvalue weighted by atomic mass is 10.0. The van der Waals surface area contributed by atoms with E-state index in [0.29, 0.717) is 25.7 Å². The second-order valence-corrected chi connectivity index (χ2v) is 6.23. The van der Waals surface area contributed by atoms with E-state index >= 15 is 0 Å². The van der Waals surface area contributed by atoms with Crippen molar-refractivity contribution in [3.05, 3.63) is 35.4 Å². The predicted octanol–water partition coefficient (Wildman–Crippen LogP) is 2.04. The molecule has 114 valence electrons. The molecule has 0 bridgehead atoms. The molecule has 1 aromatic rings. The number of carbonyl (C=O) groups is 1. The zero-order valence-corrected chi connectivity index (χ0v) is 12.8. The summed E-state index contributed by atoms with van der Waals surface area (Å²) >= 11 is 0. The highest BCUT2D eigenvalue weighted by atomic mass is 16.5. The maximum atomic E-state index is 12.4. The maximum absolute atomic E-state index is 12.4. The number of benzene rings is 1. The van der Waals surface area contributed by atoms with Crippen molar-refractivity contribution < 1.29 is 9.53 Å². The predicted molar refractivity (Wildman–Crippen MR) is 82.1 cm³/mol. The summed E-state index contributed by atoms with van der Waals surface area (Å²) in [5, 5.41) is 3.31. The van der Waals surface area contributed by atoms with Crippen LogP contribution < -0.4 is 5.32 Å². The van der Waals surface area contributed by atoms with Crippen LogP contribution in [0.4, 0.5) is 0 Å². The summed E-state index contributed by atoms with van der Waals surface area (Å²) in [5.74, 6) is 0.191. The molecule has 4 heteroatoms. The zero-order chi connectivity index (χ0) is 14.8. The van der Waals surface area contributed by atoms with E-state index in [0.717, 1.165) is 0 Å². The normalized spacial score (nSPS) is 25.9. The Hall–Kier alpha value is -1.39. The molecule has 1 aliphatic heterocycles. The van der Waals surface area contributed by atoms with Crippen molar-refractivity contribution in [3.63, 3.8) is 0 Å². The van der Waals surface area contributed by atoms with Crippen molar-refractivity contribution in [1.82, 2.24) is 10.2 Å². The SMILES string of the molecule is Cc1ccccc1[C@@H]1CN(C(=O)CNC2CC2)[C@H](C)CO1. The van der Waals surface area contributed by atoms with E-state index in [-0.39, 0.29) is 18.1 Å². The van der Waals surface area contributed by atoms with Gasteiger partial charge in [-0.05, 0) is 37.8 Å². The molecule has 1 saturated carbocycles. The lowest BCUT2D eigenvalue weighted by Gasteiger charge is -2.38. The van der Waals surface area contributed by atoms with Crippen LogP contribution in [0.1, 0.15) is 37.0 Å². The molecule has 0 aromatic heterocycles. The Morgan fingerprint density at radius 1 is 1.38 bits per heavy atom. The standard InChI is InChI=1S/C17H24N2O2/c1-12-5-3-4-6-15(12)16-10-19(13(2)11-21-16)17(20)9-18-14-7-8-14/h3-6,13-14,16,18H,7-11H2,1-2H3/t13-,16+/m1/s1. The first kappa shape index (κ1) is 14.5. The molecule has 2 atom stereocenters. The largest absolute Gasteiger partial charge is 0.370 e. The monoisotopic (exact) mass is 288 g/mol. The number of rotatable bonds is 4. The van der Waals surface area contributed by atoms with Gasteiger partial charge in [-0.3, -0.25) is 4.79 Å². The summed E-state index contributed by atoms with van der Waals surface area (Å²) in [6.07, 6.45) is 2.41. The Labute approximate surface area is 126 Å². The molecule has 21 heavy (non-hydrogen) atoms. The van der Waals surface area contributed by atoms with Gasteiger partial charge in [-0.1, -0.05) is 24.3 Å². The fourth-order valence-corrected chi connectivity index (χ4v) is 2.86. The lowest BCUT2D eigenvalue weighted by molar-refractivity contribution is -0.143. The first-order valence-corrected chi connectivity index (χ1v) is 7.85. The number of morpholine rings is 1. The van der Waals surface area contributed by atoms with E-state index in [1.165, 1.54) is 24.0 Å². The minimum atomic E-state index is -0.00715. The molecule has 0 spiro atoms. The topological polar surface area (TPSA) is 41.6 Å². The van der Waals surface area contributed by atoms with E-state index in [1.54, 1.807) is 0 Å². The van der Waals surface area contributed by atoms with Crippen molar-refractivity contribution in [1.29, 1.82) is 0 Å². The second-order valence-electron chi connectivity index (χ2n) is 6.23. The molecule has 1 aromatic carbocycles. The van der Waals surface area contributed by atoms with Gasteiger partial charge in [0.2, 0.25) is 5.91 Å². The molecule has 0 radical (unpaired) electrons. The molecular weight excluding hydrogens is 264 g/mol. The van der Waals surface area contributed by atoms with Gasteiger partial charge in [0.15, 0.2) is 0 Å². The van der Waals surface area contributed by atoms with Crippen LogP contribution in [0.3, 0.4) is 0 Å². The van der Waals surface area contributed by atoms with Crippen molar-refractivity contribution in [3.8, 4) is 0 Å². The van der Waals surface area contributed by atoms with Gasteiger partial charge in [0.1, 0.15) is 6.10 Å². The first-order valence-electron chi connectivity index (χ1n) is 7.85. The number of amides is 1. The number of hydrogen-bond acceptors (Lipinski definition) is 3. The molecule has 3 rings (SSSR count). The van der Waals surface area contributed by atoms with Crippen LogP contribution in [0.2, 0.25) is 0 Å². The van der Waals surface area contributed by atoms with Gasteiger partial charge >= 0.3 is 0 Å². The quantitative estimate of drug-likeness (QED) is 0.922. The van der Waals surface area contributed by atoms with Crippen LogP contribution in [-0.4, -0.2) is 42.6 Å². The van der Waals surface area contributed by atoms with E-state index in [4.69, 9.17) is 4.74 Å². The van der Waals surface area contributed by atoms with Crippen LogP contribution in [0, 0.1) is 6.92 Å². The third-order valence-corrected chi connectivity index (χ3v) is 4.41. The number of nitrogens with zero attached hydrogens (tertiary/aromatic N) is 1. The Bertz CT molecular complexity index is 513. The Morgan fingerprint density at radius 2 is 2.14 bits per heavy atom. The number of hydrogen-bond donors (Lipinski definition) is 1. The van der Waals surface area contributed by atoms with Crippen LogP contribution in [0.25, 0.3) is 0 Å². The molecule has 2 aliphatic rings. The first-order chi connectivity index (χ1) is 10.1. The highest BCUT2D eigenvalue weighted by Gasteiger charge is 2.31. The molecule has 4 nitrogen and oxygen atoms in total. The zero-order valence-electron chi connectivity index (χ0n) is 12.8. The van der Waals surface area contributed by atoms with Crippen LogP contribution in [0.5, 0.6) is 0 Å². The van der Waals surface area contributed by atoms with Gasteiger partial charge in [-0.25, -0.2) is 0 Å². The average Bonchev–Trinajstić information content (AvgIpc) is 3.30. The van der Waals surface area contributed by atoms with Gasteiger partial charge in [-0.15, -0.1) is 0 Å². The second kappa shape index (κ2) is 6.16. The smallest absolute Gasteiger partial charge is 0.236 e. The van der Waals surface area contributed by atoms with Crippen LogP contribution in [0.15, 0.2) is 24.3 Å². The third-order valence-electron chi connectivity index (χ3n) is 4.41. The molecule has 0 unspecified atom stereocenters. The Kier molecular flexibility index (Phi) is 4.27. The van der Waals surface area contributed by atoms with Crippen LogP contribution >= 0.6 is 0 Å². The third kappa shape index (κ3) is 3.44. The average molecular weight is 288 g/mol. The summed E-state index contributed by atoms with van der Waals surface area (Å²) in [4.78, 5) is 14.4. The van der Waals surface area contributed by atoms with Gasteiger partial charge in [0.05, 0.1) is 25.7 Å². The molecule has 1 saturated heterocycles. The Balaban J connectivity index is 1.66. The summed E-state index contributed by atoms with van der Waals surface area (Å²) in [6.45, 7) is 5.86. The minimum Gasteiger partial charge on any atom is -0.370 e. The highest BCUT2D eigenvalue weighted by molar-refractivity contribution is 5.78. The fraction of sp³-hybridized carbons (Fsp3) is 0.588. The van der Waals surface area contributed by atoms with Crippen LogP contribution in [-0.2, 0) is 9.53 Å². The van der Waals surface area contributed by atoms with Gasteiger partial charge in [0, 0.05) is 6.04 Å². The molecule has 2 fully saturated rings. The number of aryl methyl sites for hydroxylation is 1. The van der Waals surface area contributed by atoms with Gasteiger partial charge in [-0.2, -0.15) is 0 Å². The van der Waals surface area contributed by atoms with E-state index < -0.39 is 0 Å². The number of carbonyl (C=O) groups excluding carboxylic acids is 1. The molecule has 1 N–H and O–H groups in total. The van der Waals surface area contributed by atoms with Crippen molar-refractivity contribution in [2.24, 2.45) is 0 Å². The van der Waals surface area contributed by atoms with E-state index in [1.807, 2.05) is 17.0 Å². The van der Waals surface area contributed by atoms with Gasteiger partial charge in [0.25, 0.3) is 0 Å². The Morgan fingerprint density at radius 3 is 2.86 bits per heavy atom. The molecule has 1 aliphatic carbocycles. The minimum absolute atomic E-state index is 0.00715. The van der Waals surface area contributed by atoms with Crippen molar-refractivity contribution >= 4 is 5.91 Å². The van der Waals surface area contributed by atoms with Crippen molar-refractivity contribution in [2.75, 3.05) is 19.7 Å². The molecule has 1 heterocycles. The fourth-order valence-electron chi connectivity index (χ4n) is 2.86. The van der Waals surface area contributed by atoms with E-state index in [9.17, 15) is 4.79 Å². The summed E-state index contributed by atoms with van der Waals surface area (Å²) in [5.41, 5.74) is 2.41. The molecular formula is C17H24N2O2. The van der Waals surface area contributed by atoms with Gasteiger partial charge < -0.3 is 15.0 Å². The van der Waals surface area contributed by atoms with Crippen molar-refractivity contribution in [2.45, 2.75) is 44.9 Å². The molecule has 1 amide bonds. The maximum Gasteiger partial charge on any atom is 0.236 e. The summed E-state index contributed by atoms with van der Waals surface area (Å²) in [7, 11) is 0. The summed E-state index contributed by atoms with van der Waals surface area (Å²) in [6, 6.07) is 8.98. The van der Waals surface area contributed by atoms with E-state index in [2.05, 4.69) is 31.3 Å².